The summed E-state index contributed by atoms with van der Waals surface area (Å²) in [4.78, 5) is 26.3. The highest BCUT2D eigenvalue weighted by molar-refractivity contribution is 5.82. The maximum atomic E-state index is 12.3. The van der Waals surface area contributed by atoms with Gasteiger partial charge in [0.25, 0.3) is 0 Å². The monoisotopic (exact) mass is 351 g/mol. The van der Waals surface area contributed by atoms with Gasteiger partial charge in [0.15, 0.2) is 0 Å². The van der Waals surface area contributed by atoms with E-state index in [0.29, 0.717) is 19.5 Å². The number of carbonyl (C=O) groups excluding carboxylic acids is 2. The van der Waals surface area contributed by atoms with Crippen molar-refractivity contribution >= 4 is 11.9 Å². The fraction of sp³-hybridized carbons (Fsp3) is 0.333. The van der Waals surface area contributed by atoms with Gasteiger partial charge in [-0.25, -0.2) is 4.79 Å². The van der Waals surface area contributed by atoms with Crippen LogP contribution in [0.3, 0.4) is 0 Å². The molecule has 2 aromatic carbocycles. The number of urea groups is 1. The molecule has 0 bridgehead atoms. The summed E-state index contributed by atoms with van der Waals surface area (Å²) in [6, 6.07) is 17.6. The predicted octanol–water partition coefficient (Wildman–Crippen LogP) is 3.16. The van der Waals surface area contributed by atoms with Crippen molar-refractivity contribution in [3.8, 4) is 0 Å². The molecule has 0 spiro atoms. The molecule has 2 N–H and O–H groups in total. The van der Waals surface area contributed by atoms with Crippen LogP contribution in [0.25, 0.3) is 0 Å². The van der Waals surface area contributed by atoms with E-state index in [1.807, 2.05) is 73.3 Å². The van der Waals surface area contributed by atoms with Crippen LogP contribution in [0.2, 0.25) is 0 Å². The third-order valence-corrected chi connectivity index (χ3v) is 4.82. The molecule has 1 fully saturated rings. The maximum Gasteiger partial charge on any atom is 0.315 e. The Kier molecular flexibility index (Phi) is 5.56. The van der Waals surface area contributed by atoms with E-state index in [-0.39, 0.29) is 24.0 Å². The summed E-state index contributed by atoms with van der Waals surface area (Å²) in [6.07, 6.45) is 0.342. The summed E-state index contributed by atoms with van der Waals surface area (Å²) in [5.74, 6) is 0.0742. The highest BCUT2D eigenvalue weighted by Crippen LogP contribution is 2.25. The lowest BCUT2D eigenvalue weighted by atomic mass is 10.1. The molecule has 3 amide bonds. The molecule has 1 saturated heterocycles. The van der Waals surface area contributed by atoms with Crippen LogP contribution in [0.5, 0.6) is 0 Å². The van der Waals surface area contributed by atoms with Gasteiger partial charge in [0.2, 0.25) is 5.91 Å². The first-order valence-electron chi connectivity index (χ1n) is 8.97. The number of aryl methyl sites for hydroxylation is 1. The van der Waals surface area contributed by atoms with Gasteiger partial charge in [0.05, 0.1) is 12.1 Å². The molecule has 26 heavy (non-hydrogen) atoms. The zero-order valence-electron chi connectivity index (χ0n) is 15.2. The summed E-state index contributed by atoms with van der Waals surface area (Å²) in [7, 11) is 0. The van der Waals surface area contributed by atoms with Gasteiger partial charge >= 0.3 is 6.03 Å². The molecule has 5 nitrogen and oxygen atoms in total. The topological polar surface area (TPSA) is 61.4 Å². The van der Waals surface area contributed by atoms with Crippen LogP contribution >= 0.6 is 0 Å². The number of hydrogen-bond acceptors (Lipinski definition) is 2. The van der Waals surface area contributed by atoms with Crippen molar-refractivity contribution in [2.75, 3.05) is 6.54 Å². The van der Waals surface area contributed by atoms with Crippen molar-refractivity contribution in [3.05, 3.63) is 71.3 Å². The molecule has 5 heteroatoms. The number of nitrogens with zero attached hydrogens (tertiary/aromatic N) is 1. The largest absolute Gasteiger partial charge is 0.334 e. The van der Waals surface area contributed by atoms with E-state index in [4.69, 9.17) is 0 Å². The molecule has 2 atom stereocenters. The Balaban J connectivity index is 1.50. The molecule has 136 valence electrons. The number of carbonyl (C=O) groups is 2. The number of rotatable bonds is 5. The Labute approximate surface area is 154 Å². The molecule has 1 aliphatic rings. The first-order valence-corrected chi connectivity index (χ1v) is 8.97. The lowest BCUT2D eigenvalue weighted by Gasteiger charge is -2.25. The molecule has 2 aromatic rings. The summed E-state index contributed by atoms with van der Waals surface area (Å²) in [6.45, 7) is 5.06. The van der Waals surface area contributed by atoms with Crippen molar-refractivity contribution in [1.82, 2.24) is 15.5 Å². The average Bonchev–Trinajstić information content (AvgIpc) is 3.01. The van der Waals surface area contributed by atoms with Gasteiger partial charge in [0.1, 0.15) is 0 Å². The quantitative estimate of drug-likeness (QED) is 0.869. The maximum absolute atomic E-state index is 12.3. The Morgan fingerprint density at radius 3 is 2.54 bits per heavy atom. The molecule has 1 aliphatic heterocycles. The number of hydrogen-bond donors (Lipinski definition) is 2. The fourth-order valence-electron chi connectivity index (χ4n) is 3.24. The number of benzene rings is 2. The summed E-state index contributed by atoms with van der Waals surface area (Å²) in [5, 5.41) is 5.77. The van der Waals surface area contributed by atoms with Crippen LogP contribution in [-0.4, -0.2) is 29.4 Å². The van der Waals surface area contributed by atoms with Crippen molar-refractivity contribution in [2.45, 2.75) is 38.9 Å². The molecular weight excluding hydrogens is 326 g/mol. The lowest BCUT2D eigenvalue weighted by Crippen LogP contribution is -2.43. The van der Waals surface area contributed by atoms with Gasteiger partial charge in [0, 0.05) is 19.5 Å². The zero-order chi connectivity index (χ0) is 18.5. The Morgan fingerprint density at radius 2 is 1.85 bits per heavy atom. The Morgan fingerprint density at radius 1 is 1.15 bits per heavy atom. The predicted molar refractivity (Wildman–Crippen MR) is 102 cm³/mol. The second-order valence-corrected chi connectivity index (χ2v) is 6.85. The van der Waals surface area contributed by atoms with Crippen LogP contribution in [0, 0.1) is 6.92 Å². The molecular formula is C21H25N3O2. The molecule has 0 aliphatic carbocycles. The number of likely N-dealkylation sites (tertiary alicyclic amines) is 1. The van der Waals surface area contributed by atoms with E-state index < -0.39 is 0 Å². The average molecular weight is 351 g/mol. The van der Waals surface area contributed by atoms with E-state index >= 15 is 0 Å². The van der Waals surface area contributed by atoms with Gasteiger partial charge < -0.3 is 15.5 Å². The van der Waals surface area contributed by atoms with E-state index in [1.54, 1.807) is 0 Å². The second kappa shape index (κ2) is 8.04. The van der Waals surface area contributed by atoms with Gasteiger partial charge in [-0.05, 0) is 25.0 Å². The van der Waals surface area contributed by atoms with Gasteiger partial charge in [-0.15, -0.1) is 0 Å². The SMILES string of the molecule is Cc1ccc(CNC(=O)NC2CC(=O)N(C(C)c3ccccc3)C2)cc1. The lowest BCUT2D eigenvalue weighted by molar-refractivity contribution is -0.129. The van der Waals surface area contributed by atoms with Gasteiger partial charge in [-0.3, -0.25) is 4.79 Å². The van der Waals surface area contributed by atoms with Crippen LogP contribution in [0.4, 0.5) is 4.79 Å². The minimum atomic E-state index is -0.238. The van der Waals surface area contributed by atoms with Crippen LogP contribution < -0.4 is 10.6 Å². The smallest absolute Gasteiger partial charge is 0.315 e. The molecule has 1 heterocycles. The summed E-state index contributed by atoms with van der Waals surface area (Å²) < 4.78 is 0. The van der Waals surface area contributed by atoms with Crippen molar-refractivity contribution in [2.24, 2.45) is 0 Å². The summed E-state index contributed by atoms with van der Waals surface area (Å²) in [5.41, 5.74) is 3.34. The molecule has 0 saturated carbocycles. The molecule has 0 radical (unpaired) electrons. The van der Waals surface area contributed by atoms with Crippen LogP contribution in [-0.2, 0) is 11.3 Å². The van der Waals surface area contributed by atoms with Crippen LogP contribution in [0.1, 0.15) is 36.1 Å². The minimum absolute atomic E-state index is 0.00567. The van der Waals surface area contributed by atoms with Crippen molar-refractivity contribution in [3.63, 3.8) is 0 Å². The Bertz CT molecular complexity index is 759. The fourth-order valence-corrected chi connectivity index (χ4v) is 3.24. The first kappa shape index (κ1) is 18.0. The minimum Gasteiger partial charge on any atom is -0.334 e. The van der Waals surface area contributed by atoms with Gasteiger partial charge in [-0.1, -0.05) is 60.2 Å². The van der Waals surface area contributed by atoms with Crippen molar-refractivity contribution < 1.29 is 9.59 Å². The number of nitrogens with one attached hydrogen (secondary N) is 2. The van der Waals surface area contributed by atoms with Crippen molar-refractivity contribution in [1.29, 1.82) is 0 Å². The van der Waals surface area contributed by atoms with E-state index in [0.717, 1.165) is 11.1 Å². The number of amides is 3. The second-order valence-electron chi connectivity index (χ2n) is 6.85. The highest BCUT2D eigenvalue weighted by Gasteiger charge is 2.33. The normalized spacial score (nSPS) is 17.8. The molecule has 0 aromatic heterocycles. The molecule has 3 rings (SSSR count). The highest BCUT2D eigenvalue weighted by atomic mass is 16.2. The van der Waals surface area contributed by atoms with E-state index in [1.165, 1.54) is 5.56 Å². The standard InChI is InChI=1S/C21H25N3O2/c1-15-8-10-17(11-9-15)13-22-21(26)23-19-12-20(25)24(14-19)16(2)18-6-4-3-5-7-18/h3-11,16,19H,12-14H2,1-2H3,(H2,22,23,26). The van der Waals surface area contributed by atoms with E-state index in [9.17, 15) is 9.59 Å². The van der Waals surface area contributed by atoms with Crippen LogP contribution in [0.15, 0.2) is 54.6 Å². The first-order chi connectivity index (χ1) is 12.5. The molecule has 2 unspecified atom stereocenters. The zero-order valence-corrected chi connectivity index (χ0v) is 15.2. The Hall–Kier alpha value is -2.82. The van der Waals surface area contributed by atoms with E-state index in [2.05, 4.69) is 10.6 Å². The van der Waals surface area contributed by atoms with Gasteiger partial charge in [-0.2, -0.15) is 0 Å². The summed E-state index contributed by atoms with van der Waals surface area (Å²) >= 11 is 0. The third-order valence-electron chi connectivity index (χ3n) is 4.82. The third kappa shape index (κ3) is 4.42.